The molecule has 0 bridgehead atoms. The van der Waals surface area contributed by atoms with Crippen LogP contribution in [-0.2, 0) is 6.54 Å². The molecule has 0 saturated carbocycles. The molecule has 4 rings (SSSR count). The Morgan fingerprint density at radius 2 is 1.86 bits per heavy atom. The van der Waals surface area contributed by atoms with Crippen molar-refractivity contribution in [1.82, 2.24) is 14.8 Å². The highest BCUT2D eigenvalue weighted by Gasteiger charge is 2.23. The molecule has 0 radical (unpaired) electrons. The zero-order valence-corrected chi connectivity index (χ0v) is 17.4. The fourth-order valence-electron chi connectivity index (χ4n) is 3.78. The minimum atomic E-state index is 0.0428. The smallest absolute Gasteiger partial charge is 0.254 e. The topological polar surface area (TPSA) is 45.7 Å². The number of nitrogens with zero attached hydrogens (tertiary/aromatic N) is 3. The molecule has 1 fully saturated rings. The lowest BCUT2D eigenvalue weighted by molar-refractivity contribution is 0.0627. The van der Waals surface area contributed by atoms with Gasteiger partial charge in [-0.25, -0.2) is 4.98 Å². The number of pyridine rings is 1. The van der Waals surface area contributed by atoms with Crippen LogP contribution in [0.3, 0.4) is 0 Å². The number of para-hydroxylation sites is 1. The zero-order valence-electron chi connectivity index (χ0n) is 16.7. The number of hydrogen-bond donors (Lipinski definition) is 0. The molecule has 6 heteroatoms. The summed E-state index contributed by atoms with van der Waals surface area (Å²) in [5.74, 6) is 0.739. The number of hydrogen-bond acceptors (Lipinski definition) is 4. The summed E-state index contributed by atoms with van der Waals surface area (Å²) in [6, 6.07) is 15.4. The number of carbonyl (C=O) groups excluding carboxylic acids is 1. The maximum Gasteiger partial charge on any atom is 0.254 e. The first-order valence-electron chi connectivity index (χ1n) is 9.76. The lowest BCUT2D eigenvalue weighted by Crippen LogP contribution is -2.48. The normalized spacial score (nSPS) is 14.9. The standard InChI is InChI=1S/C23H24ClN3O2/c1-16-19-8-3-4-9-20(19)25-21(22(16)24)15-26-10-12-27(13-11-26)23(28)17-6-5-7-18(14-17)29-2/h3-9,14H,10-13,15H2,1-2H3. The van der Waals surface area contributed by atoms with Crippen LogP contribution >= 0.6 is 11.6 Å². The molecule has 0 N–H and O–H groups in total. The van der Waals surface area contributed by atoms with Crippen LogP contribution in [0.4, 0.5) is 0 Å². The van der Waals surface area contributed by atoms with E-state index in [0.29, 0.717) is 30.9 Å². The van der Waals surface area contributed by atoms with Crippen molar-refractivity contribution in [1.29, 1.82) is 0 Å². The molecular weight excluding hydrogens is 386 g/mol. The van der Waals surface area contributed by atoms with Gasteiger partial charge >= 0.3 is 0 Å². The van der Waals surface area contributed by atoms with Crippen LogP contribution < -0.4 is 4.74 Å². The minimum absolute atomic E-state index is 0.0428. The number of methoxy groups -OCH3 is 1. The van der Waals surface area contributed by atoms with Crippen molar-refractivity contribution < 1.29 is 9.53 Å². The number of aryl methyl sites for hydroxylation is 1. The van der Waals surface area contributed by atoms with Crippen LogP contribution in [-0.4, -0.2) is 54.0 Å². The van der Waals surface area contributed by atoms with E-state index >= 15 is 0 Å². The first kappa shape index (κ1) is 19.7. The lowest BCUT2D eigenvalue weighted by Gasteiger charge is -2.34. The summed E-state index contributed by atoms with van der Waals surface area (Å²) in [5, 5.41) is 1.83. The summed E-state index contributed by atoms with van der Waals surface area (Å²) < 4.78 is 5.23. The molecule has 2 aromatic carbocycles. The Bertz CT molecular complexity index is 1050. The number of aromatic nitrogens is 1. The number of carbonyl (C=O) groups is 1. The van der Waals surface area contributed by atoms with Crippen molar-refractivity contribution in [2.75, 3.05) is 33.3 Å². The second-order valence-corrected chi connectivity index (χ2v) is 7.69. The number of benzene rings is 2. The van der Waals surface area contributed by atoms with Crippen LogP contribution in [0.25, 0.3) is 10.9 Å². The highest BCUT2D eigenvalue weighted by molar-refractivity contribution is 6.32. The van der Waals surface area contributed by atoms with Crippen molar-refractivity contribution in [2.45, 2.75) is 13.5 Å². The van der Waals surface area contributed by atoms with Gasteiger partial charge in [-0.1, -0.05) is 35.9 Å². The van der Waals surface area contributed by atoms with E-state index in [2.05, 4.69) is 11.0 Å². The van der Waals surface area contributed by atoms with Crippen LogP contribution in [0.1, 0.15) is 21.6 Å². The summed E-state index contributed by atoms with van der Waals surface area (Å²) in [5.41, 5.74) is 3.60. The Kier molecular flexibility index (Phi) is 5.69. The number of rotatable bonds is 4. The molecule has 0 spiro atoms. The third-order valence-corrected chi connectivity index (χ3v) is 6.00. The van der Waals surface area contributed by atoms with E-state index in [1.807, 2.05) is 48.2 Å². The molecule has 3 aromatic rings. The van der Waals surface area contributed by atoms with Gasteiger partial charge < -0.3 is 9.64 Å². The molecule has 150 valence electrons. The zero-order chi connectivity index (χ0) is 20.4. The number of amides is 1. The summed E-state index contributed by atoms with van der Waals surface area (Å²) in [6.07, 6.45) is 0. The van der Waals surface area contributed by atoms with Crippen LogP contribution in [0.15, 0.2) is 48.5 Å². The van der Waals surface area contributed by atoms with Gasteiger partial charge in [-0.05, 0) is 36.8 Å². The van der Waals surface area contributed by atoms with E-state index in [0.717, 1.165) is 40.3 Å². The number of piperazine rings is 1. The Hall–Kier alpha value is -2.63. The van der Waals surface area contributed by atoms with Gasteiger partial charge in [-0.3, -0.25) is 9.69 Å². The molecular formula is C23H24ClN3O2. The van der Waals surface area contributed by atoms with E-state index in [9.17, 15) is 4.79 Å². The first-order chi connectivity index (χ1) is 14.1. The number of ether oxygens (including phenoxy) is 1. The molecule has 0 atom stereocenters. The minimum Gasteiger partial charge on any atom is -0.497 e. The monoisotopic (exact) mass is 409 g/mol. The highest BCUT2D eigenvalue weighted by atomic mass is 35.5. The Balaban J connectivity index is 1.43. The summed E-state index contributed by atoms with van der Waals surface area (Å²) >= 11 is 6.61. The van der Waals surface area contributed by atoms with Gasteiger partial charge in [-0.2, -0.15) is 0 Å². The maximum atomic E-state index is 12.8. The number of halogens is 1. The second-order valence-electron chi connectivity index (χ2n) is 7.31. The van der Waals surface area contributed by atoms with Crippen LogP contribution in [0, 0.1) is 6.92 Å². The molecule has 5 nitrogen and oxygen atoms in total. The van der Waals surface area contributed by atoms with Gasteiger partial charge in [0.15, 0.2) is 0 Å². The largest absolute Gasteiger partial charge is 0.497 e. The first-order valence-corrected chi connectivity index (χ1v) is 10.1. The molecule has 29 heavy (non-hydrogen) atoms. The van der Waals surface area contributed by atoms with Gasteiger partial charge in [0.2, 0.25) is 0 Å². The Labute approximate surface area is 175 Å². The summed E-state index contributed by atoms with van der Waals surface area (Å²) in [7, 11) is 1.61. The van der Waals surface area contributed by atoms with Gasteiger partial charge in [0.05, 0.1) is 23.3 Å². The third kappa shape index (κ3) is 4.07. The molecule has 0 unspecified atom stereocenters. The van der Waals surface area contributed by atoms with E-state index < -0.39 is 0 Å². The molecule has 1 amide bonds. The van der Waals surface area contributed by atoms with Crippen molar-refractivity contribution in [3.63, 3.8) is 0 Å². The highest BCUT2D eigenvalue weighted by Crippen LogP contribution is 2.28. The predicted molar refractivity (Wildman–Crippen MR) is 116 cm³/mol. The molecule has 1 aliphatic heterocycles. The van der Waals surface area contributed by atoms with E-state index in [1.54, 1.807) is 13.2 Å². The predicted octanol–water partition coefficient (Wildman–Crippen LogP) is 4.16. The average molecular weight is 410 g/mol. The molecule has 1 aromatic heterocycles. The molecule has 2 heterocycles. The number of fused-ring (bicyclic) bond motifs is 1. The van der Waals surface area contributed by atoms with Gasteiger partial charge in [0.25, 0.3) is 5.91 Å². The van der Waals surface area contributed by atoms with E-state index in [1.165, 1.54) is 0 Å². The SMILES string of the molecule is COc1cccc(C(=O)N2CCN(Cc3nc4ccccc4c(C)c3Cl)CC2)c1. The quantitative estimate of drug-likeness (QED) is 0.649. The van der Waals surface area contributed by atoms with Crippen molar-refractivity contribution >= 4 is 28.4 Å². The van der Waals surface area contributed by atoms with E-state index in [4.69, 9.17) is 21.3 Å². The van der Waals surface area contributed by atoms with Crippen molar-refractivity contribution in [3.05, 3.63) is 70.4 Å². The van der Waals surface area contributed by atoms with Crippen LogP contribution in [0.5, 0.6) is 5.75 Å². The average Bonchev–Trinajstić information content (AvgIpc) is 2.77. The summed E-state index contributed by atoms with van der Waals surface area (Å²) in [6.45, 7) is 5.67. The van der Waals surface area contributed by atoms with Crippen molar-refractivity contribution in [3.8, 4) is 5.75 Å². The maximum absolute atomic E-state index is 12.8. The van der Waals surface area contributed by atoms with Gasteiger partial charge in [0, 0.05) is 43.7 Å². The Morgan fingerprint density at radius 1 is 1.10 bits per heavy atom. The summed E-state index contributed by atoms with van der Waals surface area (Å²) in [4.78, 5) is 21.8. The fourth-order valence-corrected chi connectivity index (χ4v) is 3.99. The molecule has 0 aliphatic carbocycles. The third-order valence-electron chi connectivity index (χ3n) is 5.50. The fraction of sp³-hybridized carbons (Fsp3) is 0.304. The van der Waals surface area contributed by atoms with E-state index in [-0.39, 0.29) is 5.91 Å². The van der Waals surface area contributed by atoms with Crippen LogP contribution in [0.2, 0.25) is 5.02 Å². The second kappa shape index (κ2) is 8.39. The molecule has 1 aliphatic rings. The molecule has 1 saturated heterocycles. The van der Waals surface area contributed by atoms with Gasteiger partial charge in [0.1, 0.15) is 5.75 Å². The lowest BCUT2D eigenvalue weighted by atomic mass is 10.1. The van der Waals surface area contributed by atoms with Gasteiger partial charge in [-0.15, -0.1) is 0 Å². The van der Waals surface area contributed by atoms with Crippen molar-refractivity contribution in [2.24, 2.45) is 0 Å². The Morgan fingerprint density at radius 3 is 2.62 bits per heavy atom.